The fourth-order valence-corrected chi connectivity index (χ4v) is 4.08. The Morgan fingerprint density at radius 3 is 2.18 bits per heavy atom. The van der Waals surface area contributed by atoms with E-state index in [-0.39, 0.29) is 24.2 Å². The average molecular weight is 542 g/mol. The van der Waals surface area contributed by atoms with E-state index in [1.165, 1.54) is 18.2 Å². The number of halogens is 4. The fraction of sp³-hybridized carbons (Fsp3) is 0.172. The number of carbonyl (C=O) groups is 2. The van der Waals surface area contributed by atoms with Crippen LogP contribution in [0.1, 0.15) is 28.7 Å². The predicted octanol–water partition coefficient (Wildman–Crippen LogP) is 6.70. The van der Waals surface area contributed by atoms with Crippen LogP contribution in [0.3, 0.4) is 0 Å². The fourth-order valence-electron chi connectivity index (χ4n) is 4.08. The van der Waals surface area contributed by atoms with E-state index in [2.05, 4.69) is 10.6 Å². The van der Waals surface area contributed by atoms with E-state index in [9.17, 15) is 22.8 Å². The molecule has 0 spiro atoms. The summed E-state index contributed by atoms with van der Waals surface area (Å²) in [5, 5.41) is 5.65. The number of benzene rings is 3. The predicted molar refractivity (Wildman–Crippen MR) is 148 cm³/mol. The van der Waals surface area contributed by atoms with Gasteiger partial charge in [0, 0.05) is 43.7 Å². The normalized spacial score (nSPS) is 13.4. The molecule has 1 heterocycles. The maximum Gasteiger partial charge on any atom is 0.416 e. The number of carbonyl (C=O) groups excluding carboxylic acids is 2. The Kier molecular flexibility index (Phi) is 9.01. The Morgan fingerprint density at radius 1 is 0.947 bits per heavy atom. The molecule has 1 aliphatic heterocycles. The molecule has 1 aliphatic rings. The zero-order chi connectivity index (χ0) is 26.6. The Labute approximate surface area is 225 Å². The van der Waals surface area contributed by atoms with Crippen molar-refractivity contribution in [2.75, 3.05) is 29.6 Å². The van der Waals surface area contributed by atoms with Gasteiger partial charge < -0.3 is 15.5 Å². The van der Waals surface area contributed by atoms with Gasteiger partial charge in [0.2, 0.25) is 11.8 Å². The molecule has 0 aromatic heterocycles. The Balaban J connectivity index is 0.00000400. The summed E-state index contributed by atoms with van der Waals surface area (Å²) in [6.07, 6.45) is 1.09. The van der Waals surface area contributed by atoms with Gasteiger partial charge in [-0.25, -0.2) is 0 Å². The summed E-state index contributed by atoms with van der Waals surface area (Å²) < 4.78 is 39.2. The van der Waals surface area contributed by atoms with Crippen LogP contribution >= 0.6 is 12.4 Å². The highest BCUT2D eigenvalue weighted by Gasteiger charge is 2.30. The molecule has 0 radical (unpaired) electrons. The largest absolute Gasteiger partial charge is 0.416 e. The lowest BCUT2D eigenvalue weighted by atomic mass is 9.96. The first-order chi connectivity index (χ1) is 17.6. The van der Waals surface area contributed by atoms with Crippen LogP contribution < -0.4 is 15.5 Å². The molecule has 0 unspecified atom stereocenters. The molecule has 2 amide bonds. The number of fused-ring (bicyclic) bond motifs is 1. The van der Waals surface area contributed by atoms with Crippen LogP contribution in [0, 0.1) is 0 Å². The van der Waals surface area contributed by atoms with Gasteiger partial charge in [0.25, 0.3) is 0 Å². The smallest absolute Gasteiger partial charge is 0.378 e. The van der Waals surface area contributed by atoms with Crippen molar-refractivity contribution in [2.24, 2.45) is 0 Å². The van der Waals surface area contributed by atoms with E-state index in [0.29, 0.717) is 35.4 Å². The summed E-state index contributed by atoms with van der Waals surface area (Å²) in [6, 6.07) is 17.9. The number of hydrogen-bond donors (Lipinski definition) is 2. The van der Waals surface area contributed by atoms with Gasteiger partial charge in [-0.05, 0) is 65.1 Å². The van der Waals surface area contributed by atoms with Crippen LogP contribution in [0.2, 0.25) is 0 Å². The average Bonchev–Trinajstić information content (AvgIpc) is 2.86. The molecule has 0 bridgehead atoms. The van der Waals surface area contributed by atoms with Gasteiger partial charge in [-0.2, -0.15) is 13.2 Å². The van der Waals surface area contributed by atoms with Crippen molar-refractivity contribution in [1.29, 1.82) is 0 Å². The van der Waals surface area contributed by atoms with Crippen molar-refractivity contribution in [3.05, 3.63) is 107 Å². The molecule has 0 aliphatic carbocycles. The number of rotatable bonds is 6. The molecule has 3 aromatic rings. The van der Waals surface area contributed by atoms with Crippen LogP contribution in [0.4, 0.5) is 30.2 Å². The number of allylic oxidation sites excluding steroid dienone is 2. The number of amides is 2. The third kappa shape index (κ3) is 6.83. The molecule has 0 saturated heterocycles. The van der Waals surface area contributed by atoms with Gasteiger partial charge >= 0.3 is 6.18 Å². The highest BCUT2D eigenvalue weighted by atomic mass is 35.5. The van der Waals surface area contributed by atoms with Crippen LogP contribution in [0.25, 0.3) is 5.57 Å². The molecule has 0 saturated carbocycles. The SMILES string of the molecule is CN(C)c1ccc(/C(=C\C=C\C(=O)Nc2cccc3c2CCC(=O)N3)c2ccc(C(F)(F)F)cc2)cc1.Cl. The Hall–Kier alpha value is -4.04. The molecule has 4 rings (SSSR count). The molecular weight excluding hydrogens is 515 g/mol. The maximum atomic E-state index is 13.1. The summed E-state index contributed by atoms with van der Waals surface area (Å²) >= 11 is 0. The van der Waals surface area contributed by atoms with Crippen molar-refractivity contribution in [2.45, 2.75) is 19.0 Å². The second kappa shape index (κ2) is 12.0. The zero-order valence-corrected chi connectivity index (χ0v) is 21.6. The van der Waals surface area contributed by atoms with E-state index in [4.69, 9.17) is 0 Å². The first-order valence-electron chi connectivity index (χ1n) is 11.7. The highest BCUT2D eigenvalue weighted by Crippen LogP contribution is 2.32. The van der Waals surface area contributed by atoms with E-state index >= 15 is 0 Å². The van der Waals surface area contributed by atoms with Gasteiger partial charge in [0.05, 0.1) is 5.56 Å². The molecule has 38 heavy (non-hydrogen) atoms. The molecule has 0 fully saturated rings. The molecular formula is C29H27ClF3N3O2. The van der Waals surface area contributed by atoms with Crippen LogP contribution in [0.15, 0.2) is 85.0 Å². The van der Waals surface area contributed by atoms with Crippen LogP contribution in [-0.4, -0.2) is 25.9 Å². The summed E-state index contributed by atoms with van der Waals surface area (Å²) in [4.78, 5) is 26.2. The lowest BCUT2D eigenvalue weighted by Gasteiger charge is -2.19. The van der Waals surface area contributed by atoms with Crippen molar-refractivity contribution < 1.29 is 22.8 Å². The van der Waals surface area contributed by atoms with E-state index in [1.54, 1.807) is 30.4 Å². The minimum absolute atomic E-state index is 0. The number of hydrogen-bond acceptors (Lipinski definition) is 3. The van der Waals surface area contributed by atoms with Gasteiger partial charge in [-0.1, -0.05) is 42.5 Å². The summed E-state index contributed by atoms with van der Waals surface area (Å²) in [5.41, 5.74) is 4.48. The van der Waals surface area contributed by atoms with Gasteiger partial charge in [0.15, 0.2) is 0 Å². The summed E-state index contributed by atoms with van der Waals surface area (Å²) in [5.74, 6) is -0.424. The topological polar surface area (TPSA) is 61.4 Å². The molecule has 9 heteroatoms. The second-order valence-electron chi connectivity index (χ2n) is 8.82. The molecule has 2 N–H and O–H groups in total. The highest BCUT2D eigenvalue weighted by molar-refractivity contribution is 6.02. The Morgan fingerprint density at radius 2 is 1.58 bits per heavy atom. The third-order valence-electron chi connectivity index (χ3n) is 6.04. The Bertz CT molecular complexity index is 1360. The van der Waals surface area contributed by atoms with Crippen molar-refractivity contribution >= 4 is 46.9 Å². The van der Waals surface area contributed by atoms with Gasteiger partial charge in [-0.15, -0.1) is 12.4 Å². The standard InChI is InChI=1S/C29H26F3N3O2.ClH/c1-35(2)22-15-11-20(12-16-22)23(19-9-13-21(14-10-19)29(30,31)32)5-3-8-27(36)33-25-6-4-7-26-24(25)17-18-28(37)34-26;/h3-16H,17-18H2,1-2H3,(H,33,36)(H,34,37);1H/b8-3+,23-5-;. The molecule has 3 aromatic carbocycles. The quantitative estimate of drug-likeness (QED) is 0.269. The monoisotopic (exact) mass is 541 g/mol. The molecule has 0 atom stereocenters. The number of alkyl halides is 3. The van der Waals surface area contributed by atoms with E-state index in [0.717, 1.165) is 28.9 Å². The third-order valence-corrected chi connectivity index (χ3v) is 6.04. The van der Waals surface area contributed by atoms with Crippen LogP contribution in [0.5, 0.6) is 0 Å². The maximum absolute atomic E-state index is 13.1. The van der Waals surface area contributed by atoms with E-state index in [1.807, 2.05) is 43.3 Å². The molecule has 5 nitrogen and oxygen atoms in total. The summed E-state index contributed by atoms with van der Waals surface area (Å²) in [6.45, 7) is 0. The van der Waals surface area contributed by atoms with Crippen molar-refractivity contribution in [3.8, 4) is 0 Å². The number of nitrogens with one attached hydrogen (secondary N) is 2. The minimum atomic E-state index is -4.42. The van der Waals surface area contributed by atoms with E-state index < -0.39 is 11.7 Å². The number of nitrogens with zero attached hydrogens (tertiary/aromatic N) is 1. The zero-order valence-electron chi connectivity index (χ0n) is 20.8. The van der Waals surface area contributed by atoms with Crippen molar-refractivity contribution in [1.82, 2.24) is 0 Å². The summed E-state index contributed by atoms with van der Waals surface area (Å²) in [7, 11) is 3.83. The first-order valence-corrected chi connectivity index (χ1v) is 11.7. The minimum Gasteiger partial charge on any atom is -0.378 e. The first kappa shape index (κ1) is 28.5. The van der Waals surface area contributed by atoms with Gasteiger partial charge in [0.1, 0.15) is 0 Å². The second-order valence-corrected chi connectivity index (χ2v) is 8.82. The van der Waals surface area contributed by atoms with Crippen molar-refractivity contribution in [3.63, 3.8) is 0 Å². The lowest BCUT2D eigenvalue weighted by Crippen LogP contribution is -2.21. The number of anilines is 3. The van der Waals surface area contributed by atoms with Gasteiger partial charge in [-0.3, -0.25) is 9.59 Å². The van der Waals surface area contributed by atoms with Crippen LogP contribution in [-0.2, 0) is 22.2 Å². The lowest BCUT2D eigenvalue weighted by molar-refractivity contribution is -0.137. The molecule has 198 valence electrons.